The molecule has 10 heteroatoms. The van der Waals surface area contributed by atoms with Gasteiger partial charge in [-0.25, -0.2) is 8.78 Å². The molecule has 0 N–H and O–H groups in total. The Morgan fingerprint density at radius 3 is 0.542 bits per heavy atom. The lowest BCUT2D eigenvalue weighted by atomic mass is 10.0. The van der Waals surface area contributed by atoms with E-state index < -0.39 is 0 Å². The van der Waals surface area contributed by atoms with Crippen molar-refractivity contribution in [3.8, 4) is 67.3 Å². The minimum atomic E-state index is -0.284. The van der Waals surface area contributed by atoms with Gasteiger partial charge in [0.05, 0.1) is 44.1 Å². The Kier molecular flexibility index (Phi) is 21.9. The van der Waals surface area contributed by atoms with Crippen LogP contribution in [0, 0.1) is 11.6 Å². The van der Waals surface area contributed by atoms with Crippen LogP contribution in [-0.4, -0.2) is 18.3 Å². The first-order valence-electron chi connectivity index (χ1n) is 48.0. The highest BCUT2D eigenvalue weighted by atomic mass is 19.1. The first kappa shape index (κ1) is 84.8. The van der Waals surface area contributed by atoms with Gasteiger partial charge >= 0.3 is 0 Å². The molecule has 0 radical (unpaired) electrons. The van der Waals surface area contributed by atoms with Crippen LogP contribution in [0.5, 0.6) is 0 Å². The van der Waals surface area contributed by atoms with Crippen LogP contribution in [0.4, 0.5) is 77.0 Å². The highest BCUT2D eigenvalue weighted by molar-refractivity contribution is 6.15. The van der Waals surface area contributed by atoms with Gasteiger partial charge in [-0.3, -0.25) is 0 Å². The van der Waals surface area contributed by atoms with Crippen molar-refractivity contribution in [3.63, 3.8) is 0 Å². The fraction of sp³-hybridized carbons (Fsp3) is 0. The second kappa shape index (κ2) is 36.6. The maximum absolute atomic E-state index is 14.4. The fourth-order valence-corrected chi connectivity index (χ4v) is 20.9. The standard InChI is InChI=1S/C72H50N4.C60H40F2N4/c1-5-19-51(20-6-1)55-23-17-29-61(47-55)73(63-43-45-71-67(49-63)65-31-13-15-33-69(65)75(71)57-25-9-3-10-26-57)59-39-35-53(36-40-59)54-37-41-60(42-38-54)74(62-30-18-24-56(48-62)52-21-7-2-8-22-52)64-44-46-72-68(50-64)66-32-14-16-34-70(66)76(72)58-27-11-4-12-28-58;61-43-23-31-49(32-24-43)63(51-35-37-59-55(39-51)53-15-7-9-17-57(53)65(59)45-11-3-1-4-12-45)47-27-19-41(20-28-47)42-21-29-48(30-22-42)64(50-33-25-44(62)26-34-50)52-36-38-60-56(40-52)54-16-8-10-18-58(54)66(60)46-13-5-2-6-14-46/h1-50H;1-40H. The molecular weight excluding hydrogens is 1740 g/mol. The number of hydrogen-bond acceptors (Lipinski definition) is 4. The Morgan fingerprint density at radius 1 is 0.120 bits per heavy atom. The van der Waals surface area contributed by atoms with Gasteiger partial charge in [0, 0.05) is 134 Å². The number of benzene rings is 22. The van der Waals surface area contributed by atoms with Crippen molar-refractivity contribution in [2.24, 2.45) is 0 Å². The molecule has 142 heavy (non-hydrogen) atoms. The van der Waals surface area contributed by atoms with E-state index in [4.69, 9.17) is 0 Å². The second-order valence-electron chi connectivity index (χ2n) is 35.9. The summed E-state index contributed by atoms with van der Waals surface area (Å²) in [5, 5.41) is 9.43. The third kappa shape index (κ3) is 15.7. The Hall–Kier alpha value is -18.9. The summed E-state index contributed by atoms with van der Waals surface area (Å²) in [5.74, 6) is -0.568. The minimum Gasteiger partial charge on any atom is -0.310 e. The number of aromatic nitrogens is 4. The summed E-state index contributed by atoms with van der Waals surface area (Å²) in [6, 6.07) is 191. The SMILES string of the molecule is Fc1ccc(N(c2ccc(-c3ccc(N(c4ccc(F)cc4)c4ccc5c(c4)c4ccccc4n5-c4ccccc4)cc3)cc2)c2ccc3c(c2)c2ccccc2n3-c2ccccc2)cc1.c1ccc(-c2cccc(N(c3ccc(-c4ccc(N(c5cccc(-c6ccccc6)c5)c5ccc6c(c5)c5ccccc5n6-c5ccccc5)cc4)cc3)c3ccc4c(c3)c3ccccc3n4-c3ccccc3)c2)cc1. The van der Waals surface area contributed by atoms with Crippen molar-refractivity contribution in [1.29, 1.82) is 0 Å². The van der Waals surface area contributed by atoms with Gasteiger partial charge in [0.2, 0.25) is 0 Å². The van der Waals surface area contributed by atoms with Crippen LogP contribution in [0.25, 0.3) is 154 Å². The topological polar surface area (TPSA) is 32.7 Å². The molecule has 0 atom stereocenters. The number of fused-ring (bicyclic) bond motifs is 12. The zero-order valence-electron chi connectivity index (χ0n) is 77.3. The summed E-state index contributed by atoms with van der Waals surface area (Å²) >= 11 is 0. The summed E-state index contributed by atoms with van der Waals surface area (Å²) in [4.78, 5) is 9.13. The highest BCUT2D eigenvalue weighted by Gasteiger charge is 2.26. The van der Waals surface area contributed by atoms with Gasteiger partial charge < -0.3 is 37.9 Å². The molecule has 4 aromatic heterocycles. The van der Waals surface area contributed by atoms with Crippen LogP contribution in [0.2, 0.25) is 0 Å². The van der Waals surface area contributed by atoms with Crippen LogP contribution < -0.4 is 19.6 Å². The zero-order chi connectivity index (χ0) is 94.5. The maximum Gasteiger partial charge on any atom is 0.123 e. The van der Waals surface area contributed by atoms with E-state index in [1.54, 1.807) is 0 Å². The molecule has 672 valence electrons. The van der Waals surface area contributed by atoms with Crippen molar-refractivity contribution in [2.45, 2.75) is 0 Å². The molecule has 26 aromatic rings. The van der Waals surface area contributed by atoms with E-state index >= 15 is 0 Å². The summed E-state index contributed by atoms with van der Waals surface area (Å²) in [6.07, 6.45) is 0. The van der Waals surface area contributed by atoms with Gasteiger partial charge in [-0.2, -0.15) is 0 Å². The lowest BCUT2D eigenvalue weighted by Gasteiger charge is -2.27. The number of para-hydroxylation sites is 8. The van der Waals surface area contributed by atoms with E-state index in [0.717, 1.165) is 157 Å². The monoisotopic (exact) mass is 1820 g/mol. The molecular formula is C132H90F2N8. The number of rotatable bonds is 20. The Morgan fingerprint density at radius 2 is 0.296 bits per heavy atom. The van der Waals surface area contributed by atoms with Crippen LogP contribution in [0.1, 0.15) is 0 Å². The number of halogens is 2. The summed E-state index contributed by atoms with van der Waals surface area (Å²) in [6.45, 7) is 0. The fourth-order valence-electron chi connectivity index (χ4n) is 20.9. The molecule has 0 fully saturated rings. The highest BCUT2D eigenvalue weighted by Crippen LogP contribution is 2.49. The molecule has 0 bridgehead atoms. The first-order chi connectivity index (χ1) is 70.2. The predicted octanol–water partition coefficient (Wildman–Crippen LogP) is 36.6. The van der Waals surface area contributed by atoms with E-state index in [-0.39, 0.29) is 11.6 Å². The average Bonchev–Trinajstić information content (AvgIpc) is 1.60. The molecule has 0 saturated carbocycles. The van der Waals surface area contributed by atoms with Crippen LogP contribution in [0.3, 0.4) is 0 Å². The first-order valence-corrected chi connectivity index (χ1v) is 48.0. The molecule has 26 rings (SSSR count). The van der Waals surface area contributed by atoms with Gasteiger partial charge in [-0.05, 0) is 311 Å². The van der Waals surface area contributed by atoms with Crippen LogP contribution in [-0.2, 0) is 0 Å². The van der Waals surface area contributed by atoms with Gasteiger partial charge in [-0.1, -0.05) is 279 Å². The van der Waals surface area contributed by atoms with Gasteiger partial charge in [0.1, 0.15) is 11.6 Å². The van der Waals surface area contributed by atoms with E-state index in [2.05, 4.69) is 523 Å². The number of nitrogens with zero attached hydrogens (tertiary/aromatic N) is 8. The molecule has 0 amide bonds. The Labute approximate surface area is 821 Å². The van der Waals surface area contributed by atoms with Crippen molar-refractivity contribution < 1.29 is 8.78 Å². The lowest BCUT2D eigenvalue weighted by molar-refractivity contribution is 0.627. The predicted molar refractivity (Wildman–Crippen MR) is 591 cm³/mol. The number of anilines is 12. The summed E-state index contributed by atoms with van der Waals surface area (Å²) < 4.78 is 38.1. The van der Waals surface area contributed by atoms with Crippen molar-refractivity contribution in [2.75, 3.05) is 19.6 Å². The van der Waals surface area contributed by atoms with Gasteiger partial charge in [0.25, 0.3) is 0 Å². The molecule has 0 aliphatic rings. The molecule has 0 unspecified atom stereocenters. The molecule has 8 nitrogen and oxygen atoms in total. The van der Waals surface area contributed by atoms with Crippen molar-refractivity contribution >= 4 is 155 Å². The van der Waals surface area contributed by atoms with Gasteiger partial charge in [0.15, 0.2) is 0 Å². The molecule has 0 spiro atoms. The Balaban J connectivity index is 0.000000151. The lowest BCUT2D eigenvalue weighted by Crippen LogP contribution is -2.10. The molecule has 22 aromatic carbocycles. The van der Waals surface area contributed by atoms with E-state index in [0.29, 0.717) is 0 Å². The normalized spacial score (nSPS) is 11.5. The summed E-state index contributed by atoms with van der Waals surface area (Å²) in [5.41, 5.74) is 34.8. The van der Waals surface area contributed by atoms with Crippen LogP contribution in [0.15, 0.2) is 546 Å². The summed E-state index contributed by atoms with van der Waals surface area (Å²) in [7, 11) is 0. The van der Waals surface area contributed by atoms with Crippen LogP contribution >= 0.6 is 0 Å². The molecule has 0 aliphatic heterocycles. The smallest absolute Gasteiger partial charge is 0.123 e. The van der Waals surface area contributed by atoms with E-state index in [9.17, 15) is 8.78 Å². The van der Waals surface area contributed by atoms with Crippen molar-refractivity contribution in [3.05, 3.63) is 558 Å². The third-order valence-corrected chi connectivity index (χ3v) is 27.5. The van der Waals surface area contributed by atoms with Gasteiger partial charge in [-0.15, -0.1) is 0 Å². The largest absolute Gasteiger partial charge is 0.310 e. The number of hydrogen-bond donors (Lipinski definition) is 0. The average molecular weight is 1830 g/mol. The van der Waals surface area contributed by atoms with E-state index in [1.807, 2.05) is 36.4 Å². The zero-order valence-corrected chi connectivity index (χ0v) is 77.3. The quantitative estimate of drug-likeness (QED) is 0.0761. The molecule has 4 heterocycles. The van der Waals surface area contributed by atoms with Crippen molar-refractivity contribution in [1.82, 2.24) is 18.3 Å². The molecule has 0 saturated heterocycles. The third-order valence-electron chi connectivity index (χ3n) is 27.5. The molecule has 0 aliphatic carbocycles. The van der Waals surface area contributed by atoms with E-state index in [1.165, 1.54) is 90.1 Å². The second-order valence-corrected chi connectivity index (χ2v) is 35.9. The minimum absolute atomic E-state index is 0.284. The Bertz CT molecular complexity index is 8590. The maximum atomic E-state index is 14.4.